The van der Waals surface area contributed by atoms with E-state index in [4.69, 9.17) is 14.2 Å². The Kier molecular flexibility index (Phi) is 5.43. The summed E-state index contributed by atoms with van der Waals surface area (Å²) in [5.41, 5.74) is -2.13. The zero-order valence-corrected chi connectivity index (χ0v) is 17.6. The molecular formula is C23H28O6. The van der Waals surface area contributed by atoms with Crippen LogP contribution in [0.4, 0.5) is 0 Å². The molecule has 2 fully saturated rings. The molecule has 29 heavy (non-hydrogen) atoms. The first kappa shape index (κ1) is 21.2. The van der Waals surface area contributed by atoms with Crippen LogP contribution in [0.15, 0.2) is 42.0 Å². The molecular weight excluding hydrogens is 372 g/mol. The quantitative estimate of drug-likeness (QED) is 0.437. The molecule has 0 spiro atoms. The fourth-order valence-electron chi connectivity index (χ4n) is 4.04. The molecule has 0 amide bonds. The van der Waals surface area contributed by atoms with Crippen LogP contribution in [0.3, 0.4) is 0 Å². The maximum atomic E-state index is 13.4. The van der Waals surface area contributed by atoms with E-state index in [0.29, 0.717) is 12.0 Å². The SMILES string of the molecule is C/C=C1\C[C@@]2(C)C[C@@H](C(=O)OCc3ccccc3)C(=O)[C@]1(C(=O)OC(C)(C)C)O2. The number of carbonyl (C=O) groups excluding carboxylic acids is 3. The Hall–Kier alpha value is -2.47. The number of benzene rings is 1. The molecule has 2 bridgehead atoms. The zero-order chi connectivity index (χ0) is 21.4. The molecule has 3 atom stereocenters. The van der Waals surface area contributed by atoms with Gasteiger partial charge in [-0.25, -0.2) is 4.79 Å². The molecule has 1 aromatic carbocycles. The van der Waals surface area contributed by atoms with Crippen LogP contribution in [0.25, 0.3) is 0 Å². The molecule has 6 nitrogen and oxygen atoms in total. The van der Waals surface area contributed by atoms with Crippen LogP contribution in [0.5, 0.6) is 0 Å². The lowest BCUT2D eigenvalue weighted by Crippen LogP contribution is -2.59. The standard InChI is InChI=1S/C23H28O6/c1-6-16-12-22(5)13-17(19(25)27-14-15-10-8-7-9-11-15)18(24)23(16,29-22)20(26)28-21(2,3)4/h6-11,17H,12-14H2,1-5H3/b16-6+/t17-,22+,23-/m1/s1. The van der Waals surface area contributed by atoms with E-state index in [1.807, 2.05) is 37.3 Å². The maximum Gasteiger partial charge on any atom is 0.351 e. The molecule has 0 aliphatic carbocycles. The monoisotopic (exact) mass is 400 g/mol. The minimum absolute atomic E-state index is 0.0664. The molecule has 2 saturated heterocycles. The van der Waals surface area contributed by atoms with Crippen LogP contribution in [0.2, 0.25) is 0 Å². The number of ketones is 1. The van der Waals surface area contributed by atoms with Gasteiger partial charge >= 0.3 is 11.9 Å². The molecule has 2 aliphatic rings. The van der Waals surface area contributed by atoms with E-state index < -0.39 is 40.4 Å². The summed E-state index contributed by atoms with van der Waals surface area (Å²) < 4.78 is 17.0. The third-order valence-corrected chi connectivity index (χ3v) is 5.26. The van der Waals surface area contributed by atoms with Gasteiger partial charge in [0.2, 0.25) is 5.60 Å². The highest BCUT2D eigenvalue weighted by Gasteiger charge is 2.68. The number of ether oxygens (including phenoxy) is 3. The van der Waals surface area contributed by atoms with Crippen molar-refractivity contribution in [1.29, 1.82) is 0 Å². The Morgan fingerprint density at radius 3 is 2.48 bits per heavy atom. The summed E-state index contributed by atoms with van der Waals surface area (Å²) in [5.74, 6) is -3.10. The largest absolute Gasteiger partial charge is 0.460 e. The molecule has 156 valence electrons. The molecule has 3 rings (SSSR count). The summed E-state index contributed by atoms with van der Waals surface area (Å²) in [6.07, 6.45) is 2.27. The Morgan fingerprint density at radius 1 is 1.24 bits per heavy atom. The van der Waals surface area contributed by atoms with Crippen molar-refractivity contribution < 1.29 is 28.6 Å². The third kappa shape index (κ3) is 3.99. The van der Waals surface area contributed by atoms with Gasteiger partial charge < -0.3 is 14.2 Å². The lowest BCUT2D eigenvalue weighted by molar-refractivity contribution is -0.201. The normalized spacial score (nSPS) is 30.3. The molecule has 2 heterocycles. The third-order valence-electron chi connectivity index (χ3n) is 5.26. The van der Waals surface area contributed by atoms with E-state index in [1.165, 1.54) is 0 Å². The summed E-state index contributed by atoms with van der Waals surface area (Å²) in [7, 11) is 0. The summed E-state index contributed by atoms with van der Waals surface area (Å²) >= 11 is 0. The Bertz CT molecular complexity index is 850. The van der Waals surface area contributed by atoms with E-state index in [9.17, 15) is 14.4 Å². The molecule has 1 aromatic rings. The predicted octanol–water partition coefficient (Wildman–Crippen LogP) is 3.52. The van der Waals surface area contributed by atoms with Crippen molar-refractivity contribution in [3.63, 3.8) is 0 Å². The van der Waals surface area contributed by atoms with E-state index in [0.717, 1.165) is 5.56 Å². The van der Waals surface area contributed by atoms with Gasteiger partial charge in [-0.2, -0.15) is 0 Å². The average Bonchev–Trinajstić information content (AvgIpc) is 2.92. The topological polar surface area (TPSA) is 78.9 Å². The second kappa shape index (κ2) is 7.41. The smallest absolute Gasteiger partial charge is 0.351 e. The number of hydrogen-bond donors (Lipinski definition) is 0. The first-order chi connectivity index (χ1) is 13.5. The summed E-state index contributed by atoms with van der Waals surface area (Å²) in [4.78, 5) is 39.3. The van der Waals surface area contributed by atoms with E-state index in [2.05, 4.69) is 0 Å². The van der Waals surface area contributed by atoms with Gasteiger partial charge in [-0.3, -0.25) is 9.59 Å². The van der Waals surface area contributed by atoms with Gasteiger partial charge in [0.05, 0.1) is 5.60 Å². The van der Waals surface area contributed by atoms with Crippen molar-refractivity contribution in [2.24, 2.45) is 5.92 Å². The first-order valence-corrected chi connectivity index (χ1v) is 9.85. The van der Waals surface area contributed by atoms with E-state index in [-0.39, 0.29) is 13.0 Å². The van der Waals surface area contributed by atoms with Crippen LogP contribution in [-0.4, -0.2) is 34.5 Å². The van der Waals surface area contributed by atoms with Crippen LogP contribution >= 0.6 is 0 Å². The lowest BCUT2D eigenvalue weighted by Gasteiger charge is -2.39. The van der Waals surface area contributed by atoms with E-state index in [1.54, 1.807) is 33.8 Å². The highest BCUT2D eigenvalue weighted by atomic mass is 16.6. The molecule has 0 N–H and O–H groups in total. The van der Waals surface area contributed by atoms with Crippen molar-refractivity contribution in [2.75, 3.05) is 0 Å². The van der Waals surface area contributed by atoms with Crippen LogP contribution in [-0.2, 0) is 35.2 Å². The maximum absolute atomic E-state index is 13.4. The minimum Gasteiger partial charge on any atom is -0.460 e. The van der Waals surface area contributed by atoms with Gasteiger partial charge in [0, 0.05) is 6.42 Å². The summed E-state index contributed by atoms with van der Waals surface area (Å²) in [6, 6.07) is 9.24. The lowest BCUT2D eigenvalue weighted by atomic mass is 9.81. The molecule has 0 unspecified atom stereocenters. The van der Waals surface area contributed by atoms with E-state index >= 15 is 0 Å². The Labute approximate surface area is 171 Å². The first-order valence-electron chi connectivity index (χ1n) is 9.85. The van der Waals surface area contributed by atoms with Crippen LogP contribution in [0, 0.1) is 5.92 Å². The highest BCUT2D eigenvalue weighted by Crippen LogP contribution is 2.52. The van der Waals surface area contributed by atoms with Gasteiger partial charge in [0.25, 0.3) is 0 Å². The number of allylic oxidation sites excluding steroid dienone is 1. The van der Waals surface area contributed by atoms with Gasteiger partial charge in [-0.1, -0.05) is 36.4 Å². The van der Waals surface area contributed by atoms with Crippen molar-refractivity contribution in [3.05, 3.63) is 47.5 Å². The number of rotatable bonds is 4. The fraction of sp³-hybridized carbons (Fsp3) is 0.522. The molecule has 0 saturated carbocycles. The fourth-order valence-corrected chi connectivity index (χ4v) is 4.04. The van der Waals surface area contributed by atoms with Gasteiger partial charge in [0.1, 0.15) is 18.1 Å². The number of hydrogen-bond acceptors (Lipinski definition) is 6. The van der Waals surface area contributed by atoms with Crippen LogP contribution < -0.4 is 0 Å². The number of Topliss-reactive ketones (excluding diaryl/α,β-unsaturated/α-hetero) is 1. The second-order valence-electron chi connectivity index (χ2n) is 8.94. The minimum atomic E-state index is -1.88. The Morgan fingerprint density at radius 2 is 1.90 bits per heavy atom. The van der Waals surface area contributed by atoms with Gasteiger partial charge in [0.15, 0.2) is 5.78 Å². The zero-order valence-electron chi connectivity index (χ0n) is 17.6. The van der Waals surface area contributed by atoms with Crippen LogP contribution in [0.1, 0.15) is 53.0 Å². The number of esters is 2. The van der Waals surface area contributed by atoms with Gasteiger partial charge in [-0.05, 0) is 52.2 Å². The average molecular weight is 400 g/mol. The van der Waals surface area contributed by atoms with Crippen molar-refractivity contribution in [2.45, 2.75) is 70.9 Å². The second-order valence-corrected chi connectivity index (χ2v) is 8.94. The van der Waals surface area contributed by atoms with Crippen molar-refractivity contribution >= 4 is 17.7 Å². The van der Waals surface area contributed by atoms with Crippen molar-refractivity contribution in [1.82, 2.24) is 0 Å². The molecule has 2 aliphatic heterocycles. The molecule has 0 aromatic heterocycles. The highest BCUT2D eigenvalue weighted by molar-refractivity contribution is 6.18. The van der Waals surface area contributed by atoms with Crippen molar-refractivity contribution in [3.8, 4) is 0 Å². The molecule has 0 radical (unpaired) electrons. The number of fused-ring (bicyclic) bond motifs is 2. The molecule has 6 heteroatoms. The predicted molar refractivity (Wildman–Crippen MR) is 106 cm³/mol. The summed E-state index contributed by atoms with van der Waals surface area (Å²) in [5, 5.41) is 0. The Balaban J connectivity index is 1.89. The van der Waals surface area contributed by atoms with Gasteiger partial charge in [-0.15, -0.1) is 0 Å². The number of carbonyl (C=O) groups is 3. The summed E-state index contributed by atoms with van der Waals surface area (Å²) in [6.45, 7) is 8.81.